The molecular weight excluding hydrogens is 517 g/mol. The van der Waals surface area contributed by atoms with Crippen LogP contribution >= 0.6 is 24.8 Å². The molecule has 0 saturated heterocycles. The van der Waals surface area contributed by atoms with Gasteiger partial charge in [-0.05, 0) is 56.2 Å². The monoisotopic (exact) mass is 549 g/mol. The molecule has 1 heterocycles. The summed E-state index contributed by atoms with van der Waals surface area (Å²) in [7, 11) is 3.09. The Morgan fingerprint density at radius 3 is 2.49 bits per heavy atom. The molecule has 0 aliphatic heterocycles. The summed E-state index contributed by atoms with van der Waals surface area (Å²) in [5.74, 6) is 1.22. The summed E-state index contributed by atoms with van der Waals surface area (Å²) in [6.45, 7) is 2.01. The summed E-state index contributed by atoms with van der Waals surface area (Å²) in [5.41, 5.74) is 10.9. The van der Waals surface area contributed by atoms with Crippen LogP contribution in [0.1, 0.15) is 41.9 Å². The lowest BCUT2D eigenvalue weighted by Gasteiger charge is -2.30. The molecule has 1 fully saturated rings. The van der Waals surface area contributed by atoms with Crippen LogP contribution in [0.2, 0.25) is 0 Å². The van der Waals surface area contributed by atoms with E-state index in [1.807, 2.05) is 25.1 Å². The largest absolute Gasteiger partial charge is 0.497 e. The normalized spacial score (nSPS) is 17.2. The number of guanidine groups is 1. The summed E-state index contributed by atoms with van der Waals surface area (Å²) >= 11 is 0. The van der Waals surface area contributed by atoms with E-state index in [-0.39, 0.29) is 48.7 Å². The number of nitrogens with two attached hydrogens (primary N) is 1. The average Bonchev–Trinajstić information content (AvgIpc) is 2.86. The number of carbonyl (C=O) groups excluding carboxylic acids is 1. The Kier molecular flexibility index (Phi) is 11.2. The number of fused-ring (bicyclic) bond motifs is 1. The van der Waals surface area contributed by atoms with Crippen LogP contribution in [-0.2, 0) is 4.84 Å². The Labute approximate surface area is 228 Å². The smallest absolute Gasteiger partial charge is 0.293 e. The first-order valence-corrected chi connectivity index (χ1v) is 11.6. The van der Waals surface area contributed by atoms with Gasteiger partial charge in [0.1, 0.15) is 11.6 Å². The van der Waals surface area contributed by atoms with E-state index < -0.39 is 5.91 Å². The summed E-state index contributed by atoms with van der Waals surface area (Å²) in [6.07, 6.45) is 3.91. The lowest BCUT2D eigenvalue weighted by atomic mass is 9.90. The Hall–Kier alpha value is -3.34. The zero-order chi connectivity index (χ0) is 24.8. The van der Waals surface area contributed by atoms with Crippen molar-refractivity contribution < 1.29 is 14.4 Å². The van der Waals surface area contributed by atoms with Crippen molar-refractivity contribution in [2.45, 2.75) is 44.7 Å². The third-order valence-electron chi connectivity index (χ3n) is 5.97. The third-order valence-corrected chi connectivity index (χ3v) is 5.97. The summed E-state index contributed by atoms with van der Waals surface area (Å²) in [5, 5.41) is 7.25. The minimum atomic E-state index is -0.396. The molecule has 200 valence electrons. The Balaban J connectivity index is 0.00000241. The highest BCUT2D eigenvalue weighted by atomic mass is 35.5. The molecule has 37 heavy (non-hydrogen) atoms. The number of halogens is 2. The summed E-state index contributed by atoms with van der Waals surface area (Å²) < 4.78 is 5.18. The zero-order valence-electron chi connectivity index (χ0n) is 21.0. The number of hydrogen-bond donors (Lipinski definition) is 4. The molecule has 2 aromatic carbocycles. The van der Waals surface area contributed by atoms with E-state index in [0.29, 0.717) is 22.8 Å². The maximum atomic E-state index is 13.0. The van der Waals surface area contributed by atoms with Crippen molar-refractivity contribution in [2.75, 3.05) is 24.9 Å². The van der Waals surface area contributed by atoms with Crippen LogP contribution in [0.25, 0.3) is 10.9 Å². The number of hydrogen-bond acceptors (Lipinski definition) is 7. The number of hydroxylamine groups is 1. The third kappa shape index (κ3) is 7.58. The number of carbonyl (C=O) groups is 1. The second-order valence-electron chi connectivity index (χ2n) is 8.52. The second kappa shape index (κ2) is 13.8. The maximum absolute atomic E-state index is 13.0. The number of nitrogens with zero attached hydrogens (tertiary/aromatic N) is 3. The van der Waals surface area contributed by atoms with Gasteiger partial charge in [0, 0.05) is 11.1 Å². The van der Waals surface area contributed by atoms with Gasteiger partial charge in [0.2, 0.25) is 11.8 Å². The first kappa shape index (κ1) is 29.9. The van der Waals surface area contributed by atoms with Gasteiger partial charge in [-0.3, -0.25) is 9.63 Å². The molecule has 0 bridgehead atoms. The molecule has 4 rings (SSSR count). The van der Waals surface area contributed by atoms with Crippen LogP contribution in [-0.4, -0.2) is 48.1 Å². The van der Waals surface area contributed by atoms with E-state index >= 15 is 0 Å². The number of anilines is 2. The predicted octanol–water partition coefficient (Wildman–Crippen LogP) is 4.23. The Morgan fingerprint density at radius 1 is 1.05 bits per heavy atom. The molecule has 1 saturated carbocycles. The average molecular weight is 550 g/mol. The van der Waals surface area contributed by atoms with Gasteiger partial charge in [0.05, 0.1) is 31.8 Å². The number of aromatic nitrogens is 2. The van der Waals surface area contributed by atoms with E-state index in [1.165, 1.54) is 7.11 Å². The van der Waals surface area contributed by atoms with Crippen molar-refractivity contribution in [2.24, 2.45) is 10.7 Å². The maximum Gasteiger partial charge on any atom is 0.293 e. The van der Waals surface area contributed by atoms with E-state index in [9.17, 15) is 4.79 Å². The molecule has 5 N–H and O–H groups in total. The molecular formula is C25H33Cl2N7O3. The standard InChI is InChI=1S/C25H31N7O3.2ClH/c1-15-8-13-19-18(14-15)22(29-20-6-4-5-7-21(20)30-25(26)32-35-3)31-23(28-19)24(33)27-16-9-11-17(34-2)12-10-16;;/h8-14,20-21H,4-7H2,1-3H3,(H,27,33)(H3,26,30,32)(H,28,29,31);2*1H/t20-,21+;;/m0../s1. The van der Waals surface area contributed by atoms with Crippen molar-refractivity contribution in [3.8, 4) is 5.75 Å². The van der Waals surface area contributed by atoms with Gasteiger partial charge in [-0.15, -0.1) is 24.8 Å². The number of ether oxygens (including phenoxy) is 1. The number of aliphatic imine (C=N–C) groups is 1. The second-order valence-corrected chi connectivity index (χ2v) is 8.52. The van der Waals surface area contributed by atoms with E-state index in [1.54, 1.807) is 31.4 Å². The predicted molar refractivity (Wildman–Crippen MR) is 151 cm³/mol. The summed E-state index contributed by atoms with van der Waals surface area (Å²) in [4.78, 5) is 31.7. The van der Waals surface area contributed by atoms with Gasteiger partial charge in [-0.25, -0.2) is 20.4 Å². The minimum Gasteiger partial charge on any atom is -0.497 e. The van der Waals surface area contributed by atoms with Crippen molar-refractivity contribution in [3.05, 3.63) is 53.9 Å². The molecule has 3 aromatic rings. The molecule has 2 atom stereocenters. The summed E-state index contributed by atoms with van der Waals surface area (Å²) in [6, 6.07) is 12.9. The molecule has 0 spiro atoms. The fourth-order valence-electron chi connectivity index (χ4n) is 4.23. The van der Waals surface area contributed by atoms with Crippen LogP contribution in [0.4, 0.5) is 11.5 Å². The van der Waals surface area contributed by atoms with E-state index in [2.05, 4.69) is 31.1 Å². The van der Waals surface area contributed by atoms with Gasteiger partial charge in [-0.1, -0.05) is 24.5 Å². The van der Waals surface area contributed by atoms with E-state index in [4.69, 9.17) is 15.3 Å². The highest BCUT2D eigenvalue weighted by Gasteiger charge is 2.27. The number of benzene rings is 2. The Morgan fingerprint density at radius 2 is 1.78 bits per heavy atom. The minimum absolute atomic E-state index is 0. The van der Waals surface area contributed by atoms with E-state index in [0.717, 1.165) is 36.6 Å². The van der Waals surface area contributed by atoms with Crippen LogP contribution in [0.3, 0.4) is 0 Å². The molecule has 12 heteroatoms. The van der Waals surface area contributed by atoms with Crippen molar-refractivity contribution in [1.82, 2.24) is 15.4 Å². The fraction of sp³-hybridized carbons (Fsp3) is 0.360. The van der Waals surface area contributed by atoms with Crippen LogP contribution in [0, 0.1) is 6.92 Å². The van der Waals surface area contributed by atoms with Crippen molar-refractivity contribution >= 4 is 59.1 Å². The first-order valence-electron chi connectivity index (χ1n) is 11.6. The van der Waals surface area contributed by atoms with Gasteiger partial charge >= 0.3 is 0 Å². The van der Waals surface area contributed by atoms with Gasteiger partial charge in [0.25, 0.3) is 5.91 Å². The molecule has 1 aliphatic carbocycles. The topological polar surface area (TPSA) is 136 Å². The number of nitrogens with one attached hydrogen (secondary N) is 3. The van der Waals surface area contributed by atoms with Gasteiger partial charge in [0.15, 0.2) is 0 Å². The molecule has 10 nitrogen and oxygen atoms in total. The van der Waals surface area contributed by atoms with Gasteiger partial charge in [-0.2, -0.15) is 0 Å². The van der Waals surface area contributed by atoms with Crippen LogP contribution < -0.4 is 26.6 Å². The highest BCUT2D eigenvalue weighted by Crippen LogP contribution is 2.28. The SMILES string of the molecule is CONC(N)=N[C@@H]1CCCC[C@@H]1Nc1nc(C(=O)Nc2ccc(OC)cc2)nc2ccc(C)cc12.Cl.Cl. The zero-order valence-corrected chi connectivity index (χ0v) is 22.6. The molecule has 1 amide bonds. The fourth-order valence-corrected chi connectivity index (χ4v) is 4.23. The quantitative estimate of drug-likeness (QED) is 0.195. The van der Waals surface area contributed by atoms with Crippen molar-refractivity contribution in [1.29, 1.82) is 0 Å². The molecule has 1 aromatic heterocycles. The number of aryl methyl sites for hydroxylation is 1. The highest BCUT2D eigenvalue weighted by molar-refractivity contribution is 6.04. The van der Waals surface area contributed by atoms with Crippen molar-refractivity contribution in [3.63, 3.8) is 0 Å². The lowest BCUT2D eigenvalue weighted by molar-refractivity contribution is 0.101. The first-order chi connectivity index (χ1) is 17.0. The number of amides is 1. The molecule has 0 radical (unpaired) electrons. The molecule has 0 unspecified atom stereocenters. The van der Waals surface area contributed by atoms with Crippen LogP contribution in [0.5, 0.6) is 5.75 Å². The lowest BCUT2D eigenvalue weighted by Crippen LogP contribution is -2.40. The number of rotatable bonds is 7. The van der Waals surface area contributed by atoms with Gasteiger partial charge < -0.3 is 21.1 Å². The Bertz CT molecular complexity index is 1220. The number of methoxy groups -OCH3 is 1. The molecule has 1 aliphatic rings. The van der Waals surface area contributed by atoms with Crippen LogP contribution in [0.15, 0.2) is 47.5 Å².